The average Bonchev–Trinajstić information content (AvgIpc) is 2.70. The van der Waals surface area contributed by atoms with Crippen LogP contribution in [0.3, 0.4) is 0 Å². The van der Waals surface area contributed by atoms with E-state index in [2.05, 4.69) is 5.32 Å². The quantitative estimate of drug-likeness (QED) is 0.866. The van der Waals surface area contributed by atoms with Crippen LogP contribution < -0.4 is 5.32 Å². The first-order chi connectivity index (χ1) is 7.79. The van der Waals surface area contributed by atoms with E-state index in [0.717, 1.165) is 23.1 Å². The molecule has 0 aliphatic heterocycles. The third-order valence-corrected chi connectivity index (χ3v) is 2.98. The SMILES string of the molecule is CSCc1ccc(Nc2ccccc2Cl)o1. The predicted molar refractivity (Wildman–Crippen MR) is 70.7 cm³/mol. The van der Waals surface area contributed by atoms with Crippen molar-refractivity contribution < 1.29 is 4.42 Å². The Labute approximate surface area is 104 Å². The van der Waals surface area contributed by atoms with Crippen LogP contribution in [0.5, 0.6) is 0 Å². The van der Waals surface area contributed by atoms with Gasteiger partial charge in [0.1, 0.15) is 5.76 Å². The molecule has 0 aliphatic rings. The van der Waals surface area contributed by atoms with Crippen molar-refractivity contribution >= 4 is 34.9 Å². The van der Waals surface area contributed by atoms with E-state index in [1.54, 1.807) is 11.8 Å². The molecular weight excluding hydrogens is 242 g/mol. The molecule has 1 aromatic carbocycles. The highest BCUT2D eigenvalue weighted by Crippen LogP contribution is 2.26. The van der Waals surface area contributed by atoms with E-state index >= 15 is 0 Å². The predicted octanol–water partition coefficient (Wildman–Crippen LogP) is 4.54. The van der Waals surface area contributed by atoms with Crippen LogP contribution in [0.25, 0.3) is 0 Å². The summed E-state index contributed by atoms with van der Waals surface area (Å²) in [4.78, 5) is 0. The molecular formula is C12H12ClNOS. The van der Waals surface area contributed by atoms with Crippen LogP contribution in [-0.4, -0.2) is 6.26 Å². The fourth-order valence-electron chi connectivity index (χ4n) is 1.36. The van der Waals surface area contributed by atoms with E-state index in [1.807, 2.05) is 42.7 Å². The maximum atomic E-state index is 6.03. The van der Waals surface area contributed by atoms with Gasteiger partial charge in [0.15, 0.2) is 5.88 Å². The van der Waals surface area contributed by atoms with Gasteiger partial charge in [0.25, 0.3) is 0 Å². The largest absolute Gasteiger partial charge is 0.445 e. The van der Waals surface area contributed by atoms with Gasteiger partial charge in [0.05, 0.1) is 16.5 Å². The maximum Gasteiger partial charge on any atom is 0.197 e. The molecule has 0 radical (unpaired) electrons. The smallest absolute Gasteiger partial charge is 0.197 e. The van der Waals surface area contributed by atoms with Crippen molar-refractivity contribution in [2.24, 2.45) is 0 Å². The van der Waals surface area contributed by atoms with Crippen LogP contribution in [0, 0.1) is 0 Å². The van der Waals surface area contributed by atoms with Crippen molar-refractivity contribution in [3.63, 3.8) is 0 Å². The average molecular weight is 254 g/mol. The van der Waals surface area contributed by atoms with Gasteiger partial charge < -0.3 is 9.73 Å². The van der Waals surface area contributed by atoms with Crippen LogP contribution >= 0.6 is 23.4 Å². The summed E-state index contributed by atoms with van der Waals surface area (Å²) in [7, 11) is 0. The Kier molecular flexibility index (Phi) is 3.80. The molecule has 0 saturated heterocycles. The Morgan fingerprint density at radius 1 is 1.25 bits per heavy atom. The molecule has 0 atom stereocenters. The molecule has 0 spiro atoms. The zero-order valence-corrected chi connectivity index (χ0v) is 10.4. The number of para-hydroxylation sites is 1. The first-order valence-corrected chi connectivity index (χ1v) is 6.66. The molecule has 0 bridgehead atoms. The molecule has 4 heteroatoms. The van der Waals surface area contributed by atoms with Crippen molar-refractivity contribution in [1.29, 1.82) is 0 Å². The Balaban J connectivity index is 2.11. The molecule has 1 heterocycles. The van der Waals surface area contributed by atoms with Crippen molar-refractivity contribution in [3.8, 4) is 0 Å². The minimum absolute atomic E-state index is 0.685. The number of hydrogen-bond donors (Lipinski definition) is 1. The van der Waals surface area contributed by atoms with E-state index in [0.29, 0.717) is 5.02 Å². The van der Waals surface area contributed by atoms with Crippen LogP contribution in [0.1, 0.15) is 5.76 Å². The second-order valence-electron chi connectivity index (χ2n) is 3.30. The van der Waals surface area contributed by atoms with E-state index in [9.17, 15) is 0 Å². The highest BCUT2D eigenvalue weighted by Gasteiger charge is 2.03. The number of halogens is 1. The van der Waals surface area contributed by atoms with E-state index < -0.39 is 0 Å². The maximum absolute atomic E-state index is 6.03. The van der Waals surface area contributed by atoms with Crippen LogP contribution in [-0.2, 0) is 5.75 Å². The summed E-state index contributed by atoms with van der Waals surface area (Å²) in [5.41, 5.74) is 0.856. The van der Waals surface area contributed by atoms with Crippen molar-refractivity contribution in [2.45, 2.75) is 5.75 Å². The first-order valence-electron chi connectivity index (χ1n) is 4.89. The number of nitrogens with one attached hydrogen (secondary N) is 1. The third kappa shape index (κ3) is 2.74. The van der Waals surface area contributed by atoms with Crippen LogP contribution in [0.15, 0.2) is 40.8 Å². The van der Waals surface area contributed by atoms with Gasteiger partial charge in [-0.2, -0.15) is 11.8 Å². The van der Waals surface area contributed by atoms with Gasteiger partial charge in [-0.1, -0.05) is 23.7 Å². The number of furan rings is 1. The molecule has 2 nitrogen and oxygen atoms in total. The lowest BCUT2D eigenvalue weighted by molar-refractivity contribution is 0.547. The summed E-state index contributed by atoms with van der Waals surface area (Å²) < 4.78 is 5.59. The lowest BCUT2D eigenvalue weighted by Crippen LogP contribution is -1.88. The van der Waals surface area contributed by atoms with Crippen molar-refractivity contribution in [3.05, 3.63) is 47.2 Å². The minimum Gasteiger partial charge on any atom is -0.445 e. The summed E-state index contributed by atoms with van der Waals surface area (Å²) in [6, 6.07) is 11.5. The second-order valence-corrected chi connectivity index (χ2v) is 4.58. The minimum atomic E-state index is 0.685. The zero-order chi connectivity index (χ0) is 11.4. The van der Waals surface area contributed by atoms with E-state index in [4.69, 9.17) is 16.0 Å². The summed E-state index contributed by atoms with van der Waals surface area (Å²) in [6.45, 7) is 0. The van der Waals surface area contributed by atoms with Gasteiger partial charge in [0.2, 0.25) is 0 Å². The number of benzene rings is 1. The summed E-state index contributed by atoms with van der Waals surface area (Å²) >= 11 is 7.76. The Morgan fingerprint density at radius 3 is 2.81 bits per heavy atom. The number of thioether (sulfide) groups is 1. The van der Waals surface area contributed by atoms with Gasteiger partial charge in [-0.05, 0) is 24.5 Å². The lowest BCUT2D eigenvalue weighted by atomic mass is 10.3. The summed E-state index contributed by atoms with van der Waals surface area (Å²) in [6.07, 6.45) is 2.05. The highest BCUT2D eigenvalue weighted by atomic mass is 35.5. The van der Waals surface area contributed by atoms with Crippen molar-refractivity contribution in [1.82, 2.24) is 0 Å². The molecule has 0 amide bonds. The molecule has 1 N–H and O–H groups in total. The Morgan fingerprint density at radius 2 is 2.06 bits per heavy atom. The Hall–Kier alpha value is -1.06. The fraction of sp³-hybridized carbons (Fsp3) is 0.167. The monoisotopic (exact) mass is 253 g/mol. The molecule has 2 rings (SSSR count). The van der Waals surface area contributed by atoms with Crippen molar-refractivity contribution in [2.75, 3.05) is 11.6 Å². The number of rotatable bonds is 4. The molecule has 1 aromatic heterocycles. The molecule has 2 aromatic rings. The summed E-state index contributed by atoms with van der Waals surface area (Å²) in [5.74, 6) is 2.56. The van der Waals surface area contributed by atoms with Crippen LogP contribution in [0.2, 0.25) is 5.02 Å². The molecule has 16 heavy (non-hydrogen) atoms. The molecule has 0 saturated carbocycles. The van der Waals surface area contributed by atoms with Gasteiger partial charge in [0, 0.05) is 6.07 Å². The third-order valence-electron chi connectivity index (χ3n) is 2.08. The van der Waals surface area contributed by atoms with Gasteiger partial charge in [-0.15, -0.1) is 0 Å². The fourth-order valence-corrected chi connectivity index (χ4v) is 1.98. The van der Waals surface area contributed by atoms with E-state index in [1.165, 1.54) is 0 Å². The Bertz CT molecular complexity index is 470. The van der Waals surface area contributed by atoms with Gasteiger partial charge in [-0.25, -0.2) is 0 Å². The van der Waals surface area contributed by atoms with Gasteiger partial charge in [-0.3, -0.25) is 0 Å². The molecule has 0 aliphatic carbocycles. The lowest BCUT2D eigenvalue weighted by Gasteiger charge is -2.04. The van der Waals surface area contributed by atoms with E-state index in [-0.39, 0.29) is 0 Å². The normalized spacial score (nSPS) is 10.4. The summed E-state index contributed by atoms with van der Waals surface area (Å²) in [5, 5.41) is 3.83. The highest BCUT2D eigenvalue weighted by molar-refractivity contribution is 7.97. The molecule has 84 valence electrons. The number of hydrogen-bond acceptors (Lipinski definition) is 3. The van der Waals surface area contributed by atoms with Crippen LogP contribution in [0.4, 0.5) is 11.6 Å². The first kappa shape index (κ1) is 11.4. The number of anilines is 2. The molecule has 0 fully saturated rings. The van der Waals surface area contributed by atoms with Gasteiger partial charge >= 0.3 is 0 Å². The topological polar surface area (TPSA) is 25.2 Å². The standard InChI is InChI=1S/C12H12ClNOS/c1-16-8-9-6-7-12(15-9)14-11-5-3-2-4-10(11)13/h2-7,14H,8H2,1H3. The zero-order valence-electron chi connectivity index (χ0n) is 8.87. The second kappa shape index (κ2) is 5.32. The molecule has 0 unspecified atom stereocenters.